The molecule has 2 aromatic carbocycles. The lowest BCUT2D eigenvalue weighted by molar-refractivity contribution is 0.0525. The summed E-state index contributed by atoms with van der Waals surface area (Å²) in [5.74, 6) is 1.56. The van der Waals surface area contributed by atoms with Gasteiger partial charge in [-0.25, -0.2) is 4.79 Å². The molecule has 0 unspecified atom stereocenters. The third-order valence-corrected chi connectivity index (χ3v) is 5.30. The second kappa shape index (κ2) is 7.48. The van der Waals surface area contributed by atoms with E-state index < -0.39 is 0 Å². The average molecular weight is 381 g/mol. The first kappa shape index (κ1) is 17.7. The fraction of sp³-hybridized carbons (Fsp3) is 0.238. The van der Waals surface area contributed by atoms with Crippen LogP contribution in [0.5, 0.6) is 11.5 Å². The Balaban J connectivity index is 1.71. The Kier molecular flexibility index (Phi) is 4.90. The van der Waals surface area contributed by atoms with Crippen molar-refractivity contribution in [3.05, 3.63) is 59.3 Å². The van der Waals surface area contributed by atoms with Crippen molar-refractivity contribution in [2.24, 2.45) is 0 Å². The Morgan fingerprint density at radius 2 is 1.89 bits per heavy atom. The predicted molar refractivity (Wildman–Crippen MR) is 105 cm³/mol. The maximum atomic E-state index is 12.5. The van der Waals surface area contributed by atoms with Crippen molar-refractivity contribution in [2.45, 2.75) is 24.5 Å². The highest BCUT2D eigenvalue weighted by Crippen LogP contribution is 2.36. The molecule has 1 aromatic heterocycles. The van der Waals surface area contributed by atoms with Crippen LogP contribution in [0.4, 0.5) is 0 Å². The molecule has 0 radical (unpaired) electrons. The van der Waals surface area contributed by atoms with Gasteiger partial charge < -0.3 is 14.2 Å². The number of ether oxygens (including phenoxy) is 3. The zero-order valence-electron chi connectivity index (χ0n) is 15.2. The number of hydrogen-bond donors (Lipinski definition) is 0. The SMILES string of the molecule is CCOC(=O)c1cc2cc3c(cc2nc1CSc1ccc(C)cc1)OCO3. The van der Waals surface area contributed by atoms with E-state index >= 15 is 0 Å². The standard InChI is InChI=1S/C21H19NO4S/c1-3-24-21(23)16-8-14-9-19-20(26-12-25-19)10-17(14)22-18(16)11-27-15-6-4-13(2)5-7-15/h4-10H,3,11-12H2,1-2H3. The molecule has 0 aliphatic carbocycles. The van der Waals surface area contributed by atoms with E-state index in [2.05, 4.69) is 31.2 Å². The molecule has 5 nitrogen and oxygen atoms in total. The summed E-state index contributed by atoms with van der Waals surface area (Å²) in [7, 11) is 0. The summed E-state index contributed by atoms with van der Waals surface area (Å²) in [6, 6.07) is 13.8. The zero-order chi connectivity index (χ0) is 18.8. The largest absolute Gasteiger partial charge is 0.462 e. The summed E-state index contributed by atoms with van der Waals surface area (Å²) in [6.07, 6.45) is 0. The molecule has 0 atom stereocenters. The maximum Gasteiger partial charge on any atom is 0.340 e. The topological polar surface area (TPSA) is 57.7 Å². The van der Waals surface area contributed by atoms with E-state index in [1.165, 1.54) is 5.56 Å². The molecule has 0 N–H and O–H groups in total. The number of thioether (sulfide) groups is 1. The molecule has 0 spiro atoms. The van der Waals surface area contributed by atoms with Crippen molar-refractivity contribution in [1.29, 1.82) is 0 Å². The minimum Gasteiger partial charge on any atom is -0.462 e. The van der Waals surface area contributed by atoms with Crippen LogP contribution in [0.1, 0.15) is 28.5 Å². The monoisotopic (exact) mass is 381 g/mol. The molecule has 6 heteroatoms. The number of rotatable bonds is 5. The minimum absolute atomic E-state index is 0.201. The predicted octanol–water partition coefficient (Wildman–Crippen LogP) is 4.74. The van der Waals surface area contributed by atoms with Crippen LogP contribution in [0, 0.1) is 6.92 Å². The highest BCUT2D eigenvalue weighted by molar-refractivity contribution is 7.98. The summed E-state index contributed by atoms with van der Waals surface area (Å²) >= 11 is 1.64. The van der Waals surface area contributed by atoms with E-state index in [0.717, 1.165) is 15.8 Å². The van der Waals surface area contributed by atoms with Crippen molar-refractivity contribution >= 4 is 28.6 Å². The first-order valence-electron chi connectivity index (χ1n) is 8.74. The Morgan fingerprint density at radius 1 is 1.15 bits per heavy atom. The van der Waals surface area contributed by atoms with Gasteiger partial charge in [-0.05, 0) is 38.1 Å². The molecule has 3 aromatic rings. The van der Waals surface area contributed by atoms with Crippen molar-refractivity contribution in [2.75, 3.05) is 13.4 Å². The van der Waals surface area contributed by atoms with Crippen LogP contribution >= 0.6 is 11.8 Å². The number of aromatic nitrogens is 1. The Hall–Kier alpha value is -2.73. The summed E-state index contributed by atoms with van der Waals surface area (Å²) in [4.78, 5) is 18.3. The number of fused-ring (bicyclic) bond motifs is 2. The molecule has 1 aliphatic heterocycles. The Morgan fingerprint density at radius 3 is 2.63 bits per heavy atom. The van der Waals surface area contributed by atoms with Crippen LogP contribution in [0.2, 0.25) is 0 Å². The van der Waals surface area contributed by atoms with Gasteiger partial charge in [-0.1, -0.05) is 17.7 Å². The van der Waals surface area contributed by atoms with Gasteiger partial charge >= 0.3 is 5.97 Å². The second-order valence-corrected chi connectivity index (χ2v) is 7.25. The number of hydrogen-bond acceptors (Lipinski definition) is 6. The molecule has 27 heavy (non-hydrogen) atoms. The van der Waals surface area contributed by atoms with E-state index in [0.29, 0.717) is 35.1 Å². The number of pyridine rings is 1. The lowest BCUT2D eigenvalue weighted by atomic mass is 10.1. The van der Waals surface area contributed by atoms with Crippen molar-refractivity contribution in [3.63, 3.8) is 0 Å². The van der Waals surface area contributed by atoms with Crippen LogP contribution in [0.15, 0.2) is 47.4 Å². The van der Waals surface area contributed by atoms with Gasteiger partial charge in [-0.3, -0.25) is 4.98 Å². The fourth-order valence-corrected chi connectivity index (χ4v) is 3.74. The molecule has 0 saturated heterocycles. The summed E-state index contributed by atoms with van der Waals surface area (Å²) in [6.45, 7) is 4.38. The number of carbonyl (C=O) groups is 1. The summed E-state index contributed by atoms with van der Waals surface area (Å²) < 4.78 is 16.1. The fourth-order valence-electron chi connectivity index (χ4n) is 2.89. The molecule has 138 valence electrons. The molecule has 0 fully saturated rings. The van der Waals surface area contributed by atoms with Gasteiger partial charge in [0.1, 0.15) is 0 Å². The lowest BCUT2D eigenvalue weighted by Crippen LogP contribution is -2.09. The number of carbonyl (C=O) groups excluding carboxylic acids is 1. The second-order valence-electron chi connectivity index (χ2n) is 6.20. The number of nitrogens with zero attached hydrogens (tertiary/aromatic N) is 1. The number of esters is 1. The zero-order valence-corrected chi connectivity index (χ0v) is 16.0. The highest BCUT2D eigenvalue weighted by Gasteiger charge is 2.19. The third-order valence-electron chi connectivity index (χ3n) is 4.28. The first-order chi connectivity index (χ1) is 13.1. The number of aryl methyl sites for hydroxylation is 1. The van der Waals surface area contributed by atoms with Gasteiger partial charge in [-0.15, -0.1) is 11.8 Å². The van der Waals surface area contributed by atoms with E-state index in [1.807, 2.05) is 18.2 Å². The van der Waals surface area contributed by atoms with Gasteiger partial charge in [0, 0.05) is 22.1 Å². The molecule has 0 amide bonds. The molecule has 4 rings (SSSR count). The quantitative estimate of drug-likeness (QED) is 0.470. The molecular formula is C21H19NO4S. The van der Waals surface area contributed by atoms with Crippen LogP contribution in [0.3, 0.4) is 0 Å². The van der Waals surface area contributed by atoms with Crippen LogP contribution in [0.25, 0.3) is 10.9 Å². The average Bonchev–Trinajstić information content (AvgIpc) is 3.12. The van der Waals surface area contributed by atoms with Crippen molar-refractivity contribution in [1.82, 2.24) is 4.98 Å². The highest BCUT2D eigenvalue weighted by atomic mass is 32.2. The first-order valence-corrected chi connectivity index (χ1v) is 9.72. The molecular weight excluding hydrogens is 362 g/mol. The van der Waals surface area contributed by atoms with Gasteiger partial charge in [0.05, 0.1) is 23.4 Å². The van der Waals surface area contributed by atoms with Crippen LogP contribution in [-0.4, -0.2) is 24.4 Å². The summed E-state index contributed by atoms with van der Waals surface area (Å²) in [5.41, 5.74) is 3.17. The molecule has 1 aliphatic rings. The molecule has 0 saturated carbocycles. The normalized spacial score (nSPS) is 12.4. The van der Waals surface area contributed by atoms with E-state index in [-0.39, 0.29) is 12.8 Å². The maximum absolute atomic E-state index is 12.5. The van der Waals surface area contributed by atoms with Gasteiger partial charge in [0.25, 0.3) is 0 Å². The third kappa shape index (κ3) is 3.71. The Labute approximate surface area is 161 Å². The smallest absolute Gasteiger partial charge is 0.340 e. The Bertz CT molecular complexity index is 1000. The van der Waals surface area contributed by atoms with Crippen molar-refractivity contribution in [3.8, 4) is 11.5 Å². The summed E-state index contributed by atoms with van der Waals surface area (Å²) in [5, 5.41) is 0.825. The number of benzene rings is 2. The van der Waals surface area contributed by atoms with Crippen LogP contribution in [-0.2, 0) is 10.5 Å². The van der Waals surface area contributed by atoms with Crippen molar-refractivity contribution < 1.29 is 19.0 Å². The molecule has 2 heterocycles. The van der Waals surface area contributed by atoms with Gasteiger partial charge in [0.15, 0.2) is 11.5 Å². The van der Waals surface area contributed by atoms with Gasteiger partial charge in [-0.2, -0.15) is 0 Å². The van der Waals surface area contributed by atoms with E-state index in [1.54, 1.807) is 18.7 Å². The minimum atomic E-state index is -0.357. The van der Waals surface area contributed by atoms with E-state index in [9.17, 15) is 4.79 Å². The lowest BCUT2D eigenvalue weighted by Gasteiger charge is -2.11. The van der Waals surface area contributed by atoms with E-state index in [4.69, 9.17) is 19.2 Å². The van der Waals surface area contributed by atoms with Gasteiger partial charge in [0.2, 0.25) is 6.79 Å². The molecule has 0 bridgehead atoms. The van der Waals surface area contributed by atoms with Crippen LogP contribution < -0.4 is 9.47 Å².